The molecule has 1 saturated heterocycles. The third-order valence-electron chi connectivity index (χ3n) is 2.90. The minimum Gasteiger partial charge on any atom is -0.394 e. The van der Waals surface area contributed by atoms with Gasteiger partial charge >= 0.3 is 0 Å². The first-order valence-electron chi connectivity index (χ1n) is 6.23. The van der Waals surface area contributed by atoms with Crippen molar-refractivity contribution in [3.8, 4) is 0 Å². The van der Waals surface area contributed by atoms with Gasteiger partial charge in [-0.1, -0.05) is 23.2 Å². The summed E-state index contributed by atoms with van der Waals surface area (Å²) < 4.78 is 5.42. The number of nitrogens with one attached hydrogen (secondary N) is 1. The monoisotopic (exact) mass is 305 g/mol. The molecule has 0 saturated carbocycles. The van der Waals surface area contributed by atoms with Gasteiger partial charge in [-0.2, -0.15) is 0 Å². The van der Waals surface area contributed by atoms with E-state index in [4.69, 9.17) is 33.0 Å². The van der Waals surface area contributed by atoms with Crippen molar-refractivity contribution >= 4 is 34.8 Å². The fourth-order valence-electron chi connectivity index (χ4n) is 1.99. The number of hydrogen-bond donors (Lipinski definition) is 2. The number of anilines is 2. The van der Waals surface area contributed by atoms with Gasteiger partial charge in [-0.25, -0.2) is 4.98 Å². The average Bonchev–Trinajstić information content (AvgIpc) is 2.42. The van der Waals surface area contributed by atoms with Crippen LogP contribution in [0.5, 0.6) is 0 Å². The van der Waals surface area contributed by atoms with Gasteiger partial charge in [0.1, 0.15) is 11.6 Å². The molecule has 0 aromatic carbocycles. The van der Waals surface area contributed by atoms with Gasteiger partial charge in [0.15, 0.2) is 0 Å². The van der Waals surface area contributed by atoms with Gasteiger partial charge in [0.25, 0.3) is 0 Å². The van der Waals surface area contributed by atoms with E-state index in [1.165, 1.54) is 0 Å². The second-order valence-electron chi connectivity index (χ2n) is 4.28. The van der Waals surface area contributed by atoms with E-state index in [2.05, 4.69) is 10.3 Å². The lowest BCUT2D eigenvalue weighted by atomic mass is 10.2. The van der Waals surface area contributed by atoms with Crippen LogP contribution in [0, 0.1) is 0 Å². The number of aromatic nitrogens is 1. The number of ether oxygens (including phenoxy) is 1. The zero-order valence-electron chi connectivity index (χ0n) is 10.7. The molecular weight excluding hydrogens is 289 g/mol. The quantitative estimate of drug-likeness (QED) is 0.891. The molecule has 1 atom stereocenters. The Morgan fingerprint density at radius 1 is 1.53 bits per heavy atom. The SMILES string of the molecule is CCNc1nc(N2CCOC(CO)C2)c(Cl)cc1Cl. The number of pyridine rings is 1. The average molecular weight is 306 g/mol. The summed E-state index contributed by atoms with van der Waals surface area (Å²) in [5.74, 6) is 1.29. The molecule has 1 aliphatic heterocycles. The van der Waals surface area contributed by atoms with Gasteiger partial charge < -0.3 is 20.1 Å². The van der Waals surface area contributed by atoms with E-state index in [1.54, 1.807) is 6.07 Å². The Bertz CT molecular complexity index is 445. The third-order valence-corrected chi connectivity index (χ3v) is 3.46. The predicted molar refractivity (Wildman–Crippen MR) is 77.5 cm³/mol. The molecule has 106 valence electrons. The lowest BCUT2D eigenvalue weighted by molar-refractivity contribution is 0.00337. The Hall–Kier alpha value is -0.750. The Balaban J connectivity index is 2.25. The molecule has 2 rings (SSSR count). The van der Waals surface area contributed by atoms with Gasteiger partial charge in [0, 0.05) is 19.6 Å². The van der Waals surface area contributed by atoms with Crippen molar-refractivity contribution in [2.45, 2.75) is 13.0 Å². The smallest absolute Gasteiger partial charge is 0.150 e. The molecule has 7 heteroatoms. The number of aliphatic hydroxyl groups is 1. The van der Waals surface area contributed by atoms with Crippen molar-refractivity contribution < 1.29 is 9.84 Å². The number of nitrogens with zero attached hydrogens (tertiary/aromatic N) is 2. The molecule has 1 aromatic rings. The van der Waals surface area contributed by atoms with E-state index < -0.39 is 0 Å². The molecular formula is C12H17Cl2N3O2. The summed E-state index contributed by atoms with van der Waals surface area (Å²) in [6.07, 6.45) is -0.204. The summed E-state index contributed by atoms with van der Waals surface area (Å²) in [7, 11) is 0. The standard InChI is InChI=1S/C12H17Cl2N3O2/c1-2-15-11-9(13)5-10(14)12(16-11)17-3-4-19-8(6-17)7-18/h5,8,18H,2-4,6-7H2,1H3,(H,15,16). The van der Waals surface area contributed by atoms with Crippen LogP contribution in [-0.2, 0) is 4.74 Å². The molecule has 2 N–H and O–H groups in total. The minimum atomic E-state index is -0.204. The summed E-state index contributed by atoms with van der Waals surface area (Å²) in [6, 6.07) is 1.69. The summed E-state index contributed by atoms with van der Waals surface area (Å²) in [5.41, 5.74) is 0. The summed E-state index contributed by atoms with van der Waals surface area (Å²) >= 11 is 12.3. The Morgan fingerprint density at radius 2 is 2.32 bits per heavy atom. The Morgan fingerprint density at radius 3 is 3.00 bits per heavy atom. The molecule has 1 aromatic heterocycles. The molecule has 0 aliphatic carbocycles. The molecule has 5 nitrogen and oxygen atoms in total. The highest BCUT2D eigenvalue weighted by Gasteiger charge is 2.23. The third kappa shape index (κ3) is 3.42. The van der Waals surface area contributed by atoms with Crippen LogP contribution in [0.25, 0.3) is 0 Å². The first-order chi connectivity index (χ1) is 9.15. The van der Waals surface area contributed by atoms with Crippen molar-refractivity contribution in [1.82, 2.24) is 4.98 Å². The van der Waals surface area contributed by atoms with Crippen LogP contribution in [-0.4, -0.2) is 49.0 Å². The molecule has 2 heterocycles. The van der Waals surface area contributed by atoms with Gasteiger partial charge in [0.2, 0.25) is 0 Å². The van der Waals surface area contributed by atoms with E-state index in [0.29, 0.717) is 41.4 Å². The van der Waals surface area contributed by atoms with Gasteiger partial charge in [0.05, 0.1) is 29.4 Å². The maximum Gasteiger partial charge on any atom is 0.150 e. The van der Waals surface area contributed by atoms with Gasteiger partial charge in [-0.3, -0.25) is 0 Å². The highest BCUT2D eigenvalue weighted by Crippen LogP contribution is 2.32. The number of morpholine rings is 1. The Labute approximate surface area is 122 Å². The molecule has 1 unspecified atom stereocenters. The molecule has 0 amide bonds. The number of aliphatic hydroxyl groups excluding tert-OH is 1. The van der Waals surface area contributed by atoms with Gasteiger partial charge in [-0.15, -0.1) is 0 Å². The lowest BCUT2D eigenvalue weighted by Crippen LogP contribution is -2.44. The molecule has 0 radical (unpaired) electrons. The molecule has 19 heavy (non-hydrogen) atoms. The van der Waals surface area contributed by atoms with Crippen molar-refractivity contribution in [3.63, 3.8) is 0 Å². The lowest BCUT2D eigenvalue weighted by Gasteiger charge is -2.33. The Kier molecular flexibility index (Phi) is 5.10. The number of rotatable bonds is 4. The molecule has 1 aliphatic rings. The maximum atomic E-state index is 9.17. The second-order valence-corrected chi connectivity index (χ2v) is 5.09. The van der Waals surface area contributed by atoms with E-state index in [1.807, 2.05) is 11.8 Å². The van der Waals surface area contributed by atoms with Crippen molar-refractivity contribution in [2.75, 3.05) is 43.1 Å². The van der Waals surface area contributed by atoms with Crippen LogP contribution in [0.1, 0.15) is 6.92 Å². The van der Waals surface area contributed by atoms with Crippen LogP contribution >= 0.6 is 23.2 Å². The maximum absolute atomic E-state index is 9.17. The van der Waals surface area contributed by atoms with Crippen molar-refractivity contribution in [3.05, 3.63) is 16.1 Å². The van der Waals surface area contributed by atoms with Crippen LogP contribution < -0.4 is 10.2 Å². The fraction of sp³-hybridized carbons (Fsp3) is 0.583. The van der Waals surface area contributed by atoms with E-state index in [9.17, 15) is 0 Å². The van der Waals surface area contributed by atoms with E-state index in [0.717, 1.165) is 6.54 Å². The normalized spacial score (nSPS) is 19.6. The highest BCUT2D eigenvalue weighted by molar-refractivity contribution is 6.37. The largest absolute Gasteiger partial charge is 0.394 e. The van der Waals surface area contributed by atoms with Gasteiger partial charge in [-0.05, 0) is 13.0 Å². The molecule has 1 fully saturated rings. The predicted octanol–water partition coefficient (Wildman–Crippen LogP) is 2.02. The fourth-order valence-corrected chi connectivity index (χ4v) is 2.54. The van der Waals surface area contributed by atoms with Crippen LogP contribution in [0.3, 0.4) is 0 Å². The topological polar surface area (TPSA) is 57.6 Å². The first kappa shape index (κ1) is 14.7. The second kappa shape index (κ2) is 6.61. The van der Waals surface area contributed by atoms with Crippen LogP contribution in [0.4, 0.5) is 11.6 Å². The van der Waals surface area contributed by atoms with Crippen molar-refractivity contribution in [1.29, 1.82) is 0 Å². The van der Waals surface area contributed by atoms with Crippen molar-refractivity contribution in [2.24, 2.45) is 0 Å². The van der Waals surface area contributed by atoms with Crippen LogP contribution in [0.2, 0.25) is 10.0 Å². The van der Waals surface area contributed by atoms with Crippen LogP contribution in [0.15, 0.2) is 6.07 Å². The summed E-state index contributed by atoms with van der Waals surface area (Å²) in [4.78, 5) is 6.47. The number of hydrogen-bond acceptors (Lipinski definition) is 5. The summed E-state index contributed by atoms with van der Waals surface area (Å²) in [5, 5.41) is 13.3. The van der Waals surface area contributed by atoms with E-state index >= 15 is 0 Å². The molecule has 0 spiro atoms. The van der Waals surface area contributed by atoms with E-state index in [-0.39, 0.29) is 12.7 Å². The number of halogens is 2. The highest BCUT2D eigenvalue weighted by atomic mass is 35.5. The minimum absolute atomic E-state index is 0.0121. The first-order valence-corrected chi connectivity index (χ1v) is 6.98. The zero-order valence-corrected chi connectivity index (χ0v) is 12.2. The molecule has 0 bridgehead atoms. The summed E-state index contributed by atoms with van der Waals surface area (Å²) in [6.45, 7) is 4.50. The zero-order chi connectivity index (χ0) is 13.8.